The van der Waals surface area contributed by atoms with Crippen molar-refractivity contribution in [2.75, 3.05) is 0 Å². The fourth-order valence-corrected chi connectivity index (χ4v) is 2.91. The number of ether oxygens (including phenoxy) is 1. The van der Waals surface area contributed by atoms with Gasteiger partial charge in [0.15, 0.2) is 0 Å². The Balaban J connectivity index is 1.46. The Labute approximate surface area is 176 Å². The average Bonchev–Trinajstić information content (AvgIpc) is 2.75. The van der Waals surface area contributed by atoms with Gasteiger partial charge in [-0.05, 0) is 53.4 Å². The first-order valence-corrected chi connectivity index (χ1v) is 9.88. The van der Waals surface area contributed by atoms with E-state index in [1.54, 1.807) is 6.21 Å². The molecule has 0 saturated heterocycles. The van der Waals surface area contributed by atoms with E-state index in [4.69, 9.17) is 16.3 Å². The summed E-state index contributed by atoms with van der Waals surface area (Å²) < 4.78 is 5.75. The van der Waals surface area contributed by atoms with Gasteiger partial charge in [-0.1, -0.05) is 61.0 Å². The van der Waals surface area contributed by atoms with Crippen LogP contribution in [0.2, 0.25) is 5.02 Å². The zero-order valence-electron chi connectivity index (χ0n) is 16.3. The zero-order valence-corrected chi connectivity index (χ0v) is 17.0. The number of hydrogen-bond donors (Lipinski definition) is 1. The topological polar surface area (TPSA) is 50.7 Å². The normalized spacial score (nSPS) is 10.8. The highest BCUT2D eigenvalue weighted by molar-refractivity contribution is 6.31. The minimum atomic E-state index is -0.148. The van der Waals surface area contributed by atoms with Crippen LogP contribution in [0.3, 0.4) is 0 Å². The number of nitrogens with zero attached hydrogens (tertiary/aromatic N) is 1. The van der Waals surface area contributed by atoms with Crippen molar-refractivity contribution in [2.24, 2.45) is 5.10 Å². The van der Waals surface area contributed by atoms with E-state index in [1.807, 2.05) is 72.8 Å². The third kappa shape index (κ3) is 6.47. The summed E-state index contributed by atoms with van der Waals surface area (Å²) in [5.74, 6) is 0.590. The van der Waals surface area contributed by atoms with Crippen LogP contribution in [-0.2, 0) is 24.2 Å². The molecule has 0 atom stereocenters. The van der Waals surface area contributed by atoms with Gasteiger partial charge in [-0.15, -0.1) is 0 Å². The minimum Gasteiger partial charge on any atom is -0.489 e. The van der Waals surface area contributed by atoms with Gasteiger partial charge in [0.25, 0.3) is 0 Å². The summed E-state index contributed by atoms with van der Waals surface area (Å²) in [6.07, 6.45) is 2.90. The predicted octanol–water partition coefficient (Wildman–Crippen LogP) is 5.17. The van der Waals surface area contributed by atoms with Crippen molar-refractivity contribution in [3.63, 3.8) is 0 Å². The SMILES string of the molecule is CCc1ccc(CC(=O)N/N=C/c2ccc(OCc3ccccc3Cl)cc2)cc1. The van der Waals surface area contributed by atoms with Crippen molar-refractivity contribution in [3.8, 4) is 5.75 Å². The average molecular weight is 407 g/mol. The molecule has 29 heavy (non-hydrogen) atoms. The minimum absolute atomic E-state index is 0.148. The van der Waals surface area contributed by atoms with Crippen LogP contribution in [0.25, 0.3) is 0 Å². The van der Waals surface area contributed by atoms with Crippen molar-refractivity contribution in [1.82, 2.24) is 5.43 Å². The maximum absolute atomic E-state index is 12.0. The molecule has 3 rings (SSSR count). The van der Waals surface area contributed by atoms with Crippen molar-refractivity contribution in [2.45, 2.75) is 26.4 Å². The number of hydrazone groups is 1. The Morgan fingerprint density at radius 3 is 2.38 bits per heavy atom. The number of carbonyl (C=O) groups is 1. The number of benzene rings is 3. The molecule has 0 aliphatic carbocycles. The Hall–Kier alpha value is -3.11. The summed E-state index contributed by atoms with van der Waals surface area (Å²) in [4.78, 5) is 12.0. The highest BCUT2D eigenvalue weighted by Gasteiger charge is 2.03. The molecule has 0 heterocycles. The first-order valence-electron chi connectivity index (χ1n) is 9.50. The molecule has 0 aromatic heterocycles. The van der Waals surface area contributed by atoms with Gasteiger partial charge in [0.2, 0.25) is 5.91 Å². The summed E-state index contributed by atoms with van der Waals surface area (Å²) in [7, 11) is 0. The highest BCUT2D eigenvalue weighted by atomic mass is 35.5. The van der Waals surface area contributed by atoms with E-state index in [9.17, 15) is 4.79 Å². The monoisotopic (exact) mass is 406 g/mol. The highest BCUT2D eigenvalue weighted by Crippen LogP contribution is 2.18. The van der Waals surface area contributed by atoms with Crippen molar-refractivity contribution in [3.05, 3.63) is 100 Å². The van der Waals surface area contributed by atoms with Crippen molar-refractivity contribution in [1.29, 1.82) is 0 Å². The lowest BCUT2D eigenvalue weighted by molar-refractivity contribution is -0.120. The Kier molecular flexibility index (Phi) is 7.42. The number of amides is 1. The summed E-state index contributed by atoms with van der Waals surface area (Å²) in [5.41, 5.74) is 6.58. The van der Waals surface area contributed by atoms with E-state index in [0.717, 1.165) is 28.9 Å². The number of halogens is 1. The van der Waals surface area contributed by atoms with E-state index in [0.29, 0.717) is 18.1 Å². The predicted molar refractivity (Wildman–Crippen MR) is 117 cm³/mol. The maximum Gasteiger partial charge on any atom is 0.244 e. The molecule has 0 unspecified atom stereocenters. The Morgan fingerprint density at radius 1 is 1.00 bits per heavy atom. The molecule has 3 aromatic rings. The van der Waals surface area contributed by atoms with E-state index in [-0.39, 0.29) is 5.91 Å². The molecule has 5 heteroatoms. The Bertz CT molecular complexity index is 967. The molecule has 0 fully saturated rings. The smallest absolute Gasteiger partial charge is 0.244 e. The van der Waals surface area contributed by atoms with Gasteiger partial charge in [-0.3, -0.25) is 4.79 Å². The standard InChI is InChI=1S/C24H23ClN2O2/c1-2-18-7-9-19(10-8-18)15-24(28)27-26-16-20-11-13-22(14-12-20)29-17-21-5-3-4-6-23(21)25/h3-14,16H,2,15,17H2,1H3,(H,27,28)/b26-16+. The molecule has 148 valence electrons. The van der Waals surface area contributed by atoms with E-state index >= 15 is 0 Å². The largest absolute Gasteiger partial charge is 0.489 e. The fraction of sp³-hybridized carbons (Fsp3) is 0.167. The molecule has 0 radical (unpaired) electrons. The molecule has 0 bridgehead atoms. The molecule has 0 aliphatic heterocycles. The van der Waals surface area contributed by atoms with Crippen LogP contribution >= 0.6 is 11.6 Å². The third-order valence-electron chi connectivity index (χ3n) is 4.43. The molecular formula is C24H23ClN2O2. The summed E-state index contributed by atoms with van der Waals surface area (Å²) >= 11 is 6.13. The second-order valence-corrected chi connectivity index (χ2v) is 7.00. The second-order valence-electron chi connectivity index (χ2n) is 6.59. The van der Waals surface area contributed by atoms with Gasteiger partial charge in [0, 0.05) is 10.6 Å². The van der Waals surface area contributed by atoms with Crippen LogP contribution < -0.4 is 10.2 Å². The third-order valence-corrected chi connectivity index (χ3v) is 4.80. The molecule has 0 spiro atoms. The second kappa shape index (κ2) is 10.4. The van der Waals surface area contributed by atoms with Crippen molar-refractivity contribution >= 4 is 23.7 Å². The summed E-state index contributed by atoms with van der Waals surface area (Å²) in [6.45, 7) is 2.51. The fourth-order valence-electron chi connectivity index (χ4n) is 2.72. The number of carbonyl (C=O) groups excluding carboxylic acids is 1. The van der Waals surface area contributed by atoms with Gasteiger partial charge in [0.05, 0.1) is 12.6 Å². The molecule has 1 amide bonds. The Morgan fingerprint density at radius 2 is 1.69 bits per heavy atom. The van der Waals surface area contributed by atoms with Crippen LogP contribution in [0, 0.1) is 0 Å². The molecule has 0 aliphatic rings. The lowest BCUT2D eigenvalue weighted by atomic mass is 10.1. The van der Waals surface area contributed by atoms with Crippen molar-refractivity contribution < 1.29 is 9.53 Å². The number of aryl methyl sites for hydroxylation is 1. The molecule has 1 N–H and O–H groups in total. The summed E-state index contributed by atoms with van der Waals surface area (Å²) in [5, 5.41) is 4.71. The van der Waals surface area contributed by atoms with Gasteiger partial charge >= 0.3 is 0 Å². The lowest BCUT2D eigenvalue weighted by Gasteiger charge is -2.07. The zero-order chi connectivity index (χ0) is 20.5. The number of nitrogens with one attached hydrogen (secondary N) is 1. The first kappa shape index (κ1) is 20.6. The number of rotatable bonds is 8. The van der Waals surface area contributed by atoms with E-state index in [2.05, 4.69) is 17.5 Å². The van der Waals surface area contributed by atoms with Crippen LogP contribution in [0.1, 0.15) is 29.2 Å². The summed E-state index contributed by atoms with van der Waals surface area (Å²) in [6, 6.07) is 23.1. The molecule has 3 aromatic carbocycles. The molecule has 4 nitrogen and oxygen atoms in total. The van der Waals surface area contributed by atoms with Crippen LogP contribution in [0.4, 0.5) is 0 Å². The number of hydrogen-bond acceptors (Lipinski definition) is 3. The van der Waals surface area contributed by atoms with E-state index in [1.165, 1.54) is 5.56 Å². The molecular weight excluding hydrogens is 384 g/mol. The van der Waals surface area contributed by atoms with Gasteiger partial charge in [-0.2, -0.15) is 5.10 Å². The van der Waals surface area contributed by atoms with Crippen LogP contribution in [0.15, 0.2) is 77.9 Å². The van der Waals surface area contributed by atoms with Gasteiger partial charge in [0.1, 0.15) is 12.4 Å². The maximum atomic E-state index is 12.0. The van der Waals surface area contributed by atoms with Gasteiger partial charge in [-0.25, -0.2) is 5.43 Å². The first-order chi connectivity index (χ1) is 14.1. The quantitative estimate of drug-likeness (QED) is 0.414. The van der Waals surface area contributed by atoms with Gasteiger partial charge < -0.3 is 4.74 Å². The van der Waals surface area contributed by atoms with E-state index < -0.39 is 0 Å². The lowest BCUT2D eigenvalue weighted by Crippen LogP contribution is -2.19. The molecule has 0 saturated carbocycles. The van der Waals surface area contributed by atoms with Crippen LogP contribution in [0.5, 0.6) is 5.75 Å². The van der Waals surface area contributed by atoms with Crippen LogP contribution in [-0.4, -0.2) is 12.1 Å².